The number of nitrogens with zero attached hydrogens (tertiary/aromatic N) is 4. The van der Waals surface area contributed by atoms with E-state index in [1.54, 1.807) is 11.3 Å². The highest BCUT2D eigenvalue weighted by Crippen LogP contribution is 2.32. The maximum atomic E-state index is 4.73. The van der Waals surface area contributed by atoms with Crippen molar-refractivity contribution in [2.24, 2.45) is 0 Å². The minimum Gasteiger partial charge on any atom is -0.339 e. The van der Waals surface area contributed by atoms with Crippen LogP contribution in [0.2, 0.25) is 0 Å². The predicted octanol–water partition coefficient (Wildman–Crippen LogP) is 1.95. The summed E-state index contributed by atoms with van der Waals surface area (Å²) in [5.74, 6) is 1.13. The molecule has 0 bridgehead atoms. The van der Waals surface area contributed by atoms with Crippen LogP contribution in [0.1, 0.15) is 29.4 Å². The molecule has 2 aromatic rings. The number of anilines is 1. The first-order chi connectivity index (χ1) is 9.19. The topological polar surface area (TPSA) is 46.0 Å². The molecule has 0 aromatic carbocycles. The smallest absolute Gasteiger partial charge is 0.186 e. The summed E-state index contributed by atoms with van der Waals surface area (Å²) >= 11 is 1.79. The number of imidazole rings is 1. The summed E-state index contributed by atoms with van der Waals surface area (Å²) in [5.41, 5.74) is 1.13. The monoisotopic (exact) mass is 277 g/mol. The zero-order valence-corrected chi connectivity index (χ0v) is 12.4. The first kappa shape index (κ1) is 12.6. The van der Waals surface area contributed by atoms with Crippen molar-refractivity contribution in [3.63, 3.8) is 0 Å². The fourth-order valence-electron chi connectivity index (χ4n) is 2.40. The Morgan fingerprint density at radius 3 is 3.05 bits per heavy atom. The second-order valence-corrected chi connectivity index (χ2v) is 5.92. The lowest BCUT2D eigenvalue weighted by Gasteiger charge is -2.27. The van der Waals surface area contributed by atoms with E-state index in [0.29, 0.717) is 6.04 Å². The molecule has 102 valence electrons. The van der Waals surface area contributed by atoms with Crippen LogP contribution in [0.3, 0.4) is 0 Å². The molecule has 0 radical (unpaired) electrons. The fourth-order valence-corrected chi connectivity index (χ4v) is 3.55. The second kappa shape index (κ2) is 4.94. The van der Waals surface area contributed by atoms with Crippen molar-refractivity contribution in [2.45, 2.75) is 33.0 Å². The van der Waals surface area contributed by atoms with Crippen LogP contribution < -0.4 is 10.2 Å². The van der Waals surface area contributed by atoms with Gasteiger partial charge in [-0.1, -0.05) is 11.3 Å². The van der Waals surface area contributed by atoms with Crippen molar-refractivity contribution in [3.05, 3.63) is 28.8 Å². The van der Waals surface area contributed by atoms with E-state index < -0.39 is 0 Å². The number of fused-ring (bicyclic) bond motifs is 1. The van der Waals surface area contributed by atoms with Gasteiger partial charge in [-0.2, -0.15) is 0 Å². The Hall–Kier alpha value is -1.40. The minimum atomic E-state index is 0.359. The summed E-state index contributed by atoms with van der Waals surface area (Å²) in [6.45, 7) is 7.11. The fraction of sp³-hybridized carbons (Fsp3) is 0.538. The zero-order chi connectivity index (χ0) is 13.4. The molecule has 1 aliphatic rings. The maximum absolute atomic E-state index is 4.73. The van der Waals surface area contributed by atoms with Gasteiger partial charge in [0.2, 0.25) is 0 Å². The summed E-state index contributed by atoms with van der Waals surface area (Å²) in [6, 6.07) is 0.359. The van der Waals surface area contributed by atoms with E-state index in [1.165, 1.54) is 4.88 Å². The lowest BCUT2D eigenvalue weighted by Crippen LogP contribution is -2.33. The van der Waals surface area contributed by atoms with Crippen molar-refractivity contribution < 1.29 is 0 Å². The predicted molar refractivity (Wildman–Crippen MR) is 77.6 cm³/mol. The van der Waals surface area contributed by atoms with E-state index in [1.807, 2.05) is 19.4 Å². The number of nitrogens with one attached hydrogen (secondary N) is 1. The average Bonchev–Trinajstić information content (AvgIpc) is 3.03. The minimum absolute atomic E-state index is 0.359. The molecule has 2 aromatic heterocycles. The van der Waals surface area contributed by atoms with Crippen molar-refractivity contribution in [1.29, 1.82) is 0 Å². The van der Waals surface area contributed by atoms with Gasteiger partial charge in [0.15, 0.2) is 5.13 Å². The molecule has 0 saturated heterocycles. The molecular formula is C13H19N5S. The molecule has 0 saturated carbocycles. The highest BCUT2D eigenvalue weighted by Gasteiger charge is 2.21. The standard InChI is InChI=1S/C13H19N5S/c1-9(14-3)12-10(2)16-13(19-12)18-7-6-17-5-4-15-11(17)8-18/h4-5,9,14H,6-8H2,1-3H3. The number of aromatic nitrogens is 3. The van der Waals surface area contributed by atoms with Gasteiger partial charge in [0, 0.05) is 36.4 Å². The van der Waals surface area contributed by atoms with Crippen LogP contribution >= 0.6 is 11.3 Å². The van der Waals surface area contributed by atoms with Gasteiger partial charge in [-0.15, -0.1) is 0 Å². The first-order valence-corrected chi connectivity index (χ1v) is 7.40. The number of hydrogen-bond acceptors (Lipinski definition) is 5. The van der Waals surface area contributed by atoms with Crippen molar-refractivity contribution in [3.8, 4) is 0 Å². The molecule has 3 heterocycles. The third kappa shape index (κ3) is 2.26. The van der Waals surface area contributed by atoms with Crippen LogP contribution in [0.25, 0.3) is 0 Å². The Bertz CT molecular complexity index is 573. The van der Waals surface area contributed by atoms with Gasteiger partial charge in [0.05, 0.1) is 12.2 Å². The van der Waals surface area contributed by atoms with Crippen LogP contribution in [0.15, 0.2) is 12.4 Å². The normalized spacial score (nSPS) is 16.5. The SMILES string of the molecule is CNC(C)c1sc(N2CCn3ccnc3C2)nc1C. The van der Waals surface area contributed by atoms with E-state index in [0.717, 1.165) is 36.3 Å². The third-order valence-corrected chi connectivity index (χ3v) is 5.06. The summed E-state index contributed by atoms with van der Waals surface area (Å²) in [7, 11) is 1.99. The van der Waals surface area contributed by atoms with Crippen LogP contribution in [-0.4, -0.2) is 28.1 Å². The Balaban J connectivity index is 1.84. The molecule has 0 fully saturated rings. The van der Waals surface area contributed by atoms with Gasteiger partial charge < -0.3 is 14.8 Å². The van der Waals surface area contributed by atoms with E-state index in [-0.39, 0.29) is 0 Å². The third-order valence-electron chi connectivity index (χ3n) is 3.66. The Kier molecular flexibility index (Phi) is 3.28. The van der Waals surface area contributed by atoms with Gasteiger partial charge >= 0.3 is 0 Å². The second-order valence-electron chi connectivity index (χ2n) is 4.91. The van der Waals surface area contributed by atoms with Gasteiger partial charge in [0.1, 0.15) is 5.82 Å². The molecule has 1 unspecified atom stereocenters. The van der Waals surface area contributed by atoms with Gasteiger partial charge in [-0.3, -0.25) is 0 Å². The number of thiazole rings is 1. The summed E-state index contributed by atoms with van der Waals surface area (Å²) < 4.78 is 2.22. The zero-order valence-electron chi connectivity index (χ0n) is 11.6. The van der Waals surface area contributed by atoms with E-state index in [9.17, 15) is 0 Å². The molecule has 0 amide bonds. The number of hydrogen-bond donors (Lipinski definition) is 1. The highest BCUT2D eigenvalue weighted by atomic mass is 32.1. The van der Waals surface area contributed by atoms with Crippen molar-refractivity contribution in [1.82, 2.24) is 19.9 Å². The lowest BCUT2D eigenvalue weighted by atomic mass is 10.2. The molecule has 1 atom stereocenters. The lowest BCUT2D eigenvalue weighted by molar-refractivity contribution is 0.559. The largest absolute Gasteiger partial charge is 0.339 e. The number of rotatable bonds is 3. The molecular weight excluding hydrogens is 258 g/mol. The van der Waals surface area contributed by atoms with Gasteiger partial charge in [-0.25, -0.2) is 9.97 Å². The first-order valence-electron chi connectivity index (χ1n) is 6.58. The van der Waals surface area contributed by atoms with Crippen LogP contribution in [-0.2, 0) is 13.1 Å². The molecule has 0 aliphatic carbocycles. The molecule has 6 heteroatoms. The highest BCUT2D eigenvalue weighted by molar-refractivity contribution is 7.15. The van der Waals surface area contributed by atoms with Gasteiger partial charge in [0.25, 0.3) is 0 Å². The van der Waals surface area contributed by atoms with E-state index in [4.69, 9.17) is 4.98 Å². The molecule has 0 spiro atoms. The Labute approximate surface area is 117 Å². The summed E-state index contributed by atoms with van der Waals surface area (Å²) in [5, 5.41) is 4.40. The maximum Gasteiger partial charge on any atom is 0.186 e. The summed E-state index contributed by atoms with van der Waals surface area (Å²) in [6.07, 6.45) is 3.93. The van der Waals surface area contributed by atoms with E-state index >= 15 is 0 Å². The molecule has 1 aliphatic heterocycles. The van der Waals surface area contributed by atoms with E-state index in [2.05, 4.69) is 33.6 Å². The van der Waals surface area contributed by atoms with Crippen LogP contribution in [0.5, 0.6) is 0 Å². The molecule has 5 nitrogen and oxygen atoms in total. The van der Waals surface area contributed by atoms with Gasteiger partial charge in [-0.05, 0) is 20.9 Å². The van der Waals surface area contributed by atoms with Crippen molar-refractivity contribution >= 4 is 16.5 Å². The molecule has 19 heavy (non-hydrogen) atoms. The Morgan fingerprint density at radius 2 is 2.26 bits per heavy atom. The quantitative estimate of drug-likeness (QED) is 0.931. The van der Waals surface area contributed by atoms with Crippen LogP contribution in [0, 0.1) is 6.92 Å². The molecule has 3 rings (SSSR count). The van der Waals surface area contributed by atoms with Crippen LogP contribution in [0.4, 0.5) is 5.13 Å². The number of aryl methyl sites for hydroxylation is 1. The van der Waals surface area contributed by atoms with Crippen molar-refractivity contribution in [2.75, 3.05) is 18.5 Å². The summed E-state index contributed by atoms with van der Waals surface area (Å²) in [4.78, 5) is 12.8. The molecule has 1 N–H and O–H groups in total. The Morgan fingerprint density at radius 1 is 1.42 bits per heavy atom. The average molecular weight is 277 g/mol.